The second-order valence-electron chi connectivity index (χ2n) is 14.8. The van der Waals surface area contributed by atoms with Gasteiger partial charge in [0.1, 0.15) is 35.2 Å². The van der Waals surface area contributed by atoms with Crippen LogP contribution < -0.4 is 14.8 Å². The van der Waals surface area contributed by atoms with Crippen molar-refractivity contribution in [3.05, 3.63) is 82.9 Å². The highest BCUT2D eigenvalue weighted by Crippen LogP contribution is 2.40. The average molecular weight is 803 g/mol. The summed E-state index contributed by atoms with van der Waals surface area (Å²) in [6.07, 6.45) is 3.40. The topological polar surface area (TPSA) is 132 Å². The van der Waals surface area contributed by atoms with Crippen LogP contribution in [0.15, 0.2) is 69.5 Å². The molecule has 15 heteroatoms. The van der Waals surface area contributed by atoms with E-state index in [0.29, 0.717) is 53.0 Å². The fraction of sp³-hybridized carbons (Fsp3) is 0.372. The lowest BCUT2D eigenvalue weighted by atomic mass is 9.91. The van der Waals surface area contributed by atoms with Gasteiger partial charge in [0.15, 0.2) is 11.2 Å². The van der Waals surface area contributed by atoms with Crippen LogP contribution in [0, 0.1) is 13.8 Å². The molecule has 2 aromatic heterocycles. The highest BCUT2D eigenvalue weighted by molar-refractivity contribution is 5.85. The van der Waals surface area contributed by atoms with Gasteiger partial charge in [0.05, 0.1) is 6.10 Å². The summed E-state index contributed by atoms with van der Waals surface area (Å²) in [5.41, 5.74) is 6.79. The van der Waals surface area contributed by atoms with Crippen LogP contribution in [0.25, 0.3) is 56.2 Å². The first-order chi connectivity index (χ1) is 27.9. The van der Waals surface area contributed by atoms with Gasteiger partial charge < -0.3 is 33.5 Å². The molecular weight excluding hydrogens is 760 g/mol. The Labute approximate surface area is 330 Å². The van der Waals surface area contributed by atoms with Crippen molar-refractivity contribution in [1.82, 2.24) is 20.2 Å². The summed E-state index contributed by atoms with van der Waals surface area (Å²) >= 11 is 0. The lowest BCUT2D eigenvalue weighted by Crippen LogP contribution is -2.37. The van der Waals surface area contributed by atoms with E-state index in [-0.39, 0.29) is 53.3 Å². The number of benzene rings is 4. The maximum Gasteiger partial charge on any atom is 0.387 e. The third-order valence-electron chi connectivity index (χ3n) is 11.1. The van der Waals surface area contributed by atoms with Gasteiger partial charge in [0.25, 0.3) is 0 Å². The lowest BCUT2D eigenvalue weighted by Gasteiger charge is -2.27. The van der Waals surface area contributed by atoms with Crippen molar-refractivity contribution in [3.63, 3.8) is 0 Å². The summed E-state index contributed by atoms with van der Waals surface area (Å²) in [6, 6.07) is 16.8. The number of carbonyl (C=O) groups is 1. The minimum absolute atomic E-state index is 0.0176. The van der Waals surface area contributed by atoms with E-state index in [1.807, 2.05) is 62.2 Å². The van der Waals surface area contributed by atoms with Crippen LogP contribution in [-0.2, 0) is 22.7 Å². The minimum atomic E-state index is -3.11. The first-order valence-electron chi connectivity index (χ1n) is 19.2. The van der Waals surface area contributed by atoms with E-state index in [1.165, 1.54) is 18.2 Å². The number of oxazole rings is 2. The Morgan fingerprint density at radius 2 is 1.36 bits per heavy atom. The van der Waals surface area contributed by atoms with Crippen molar-refractivity contribution in [2.24, 2.45) is 0 Å². The number of carbonyl (C=O) groups excluding carboxylic acids is 1. The van der Waals surface area contributed by atoms with Crippen molar-refractivity contribution >= 4 is 28.2 Å². The van der Waals surface area contributed by atoms with Gasteiger partial charge in [-0.1, -0.05) is 24.3 Å². The van der Waals surface area contributed by atoms with E-state index < -0.39 is 31.3 Å². The zero-order valence-electron chi connectivity index (χ0n) is 32.1. The third-order valence-corrected chi connectivity index (χ3v) is 11.1. The first-order valence-corrected chi connectivity index (χ1v) is 19.2. The van der Waals surface area contributed by atoms with Gasteiger partial charge in [-0.3, -0.25) is 9.69 Å². The summed E-state index contributed by atoms with van der Waals surface area (Å²) in [5, 5.41) is 13.5. The van der Waals surface area contributed by atoms with Gasteiger partial charge in [-0.15, -0.1) is 0 Å². The monoisotopic (exact) mass is 802 g/mol. The first kappa shape index (κ1) is 39.3. The average Bonchev–Trinajstić information content (AvgIpc) is 4.01. The highest BCUT2D eigenvalue weighted by atomic mass is 19.3. The molecule has 1 aliphatic heterocycles. The van der Waals surface area contributed by atoms with Crippen molar-refractivity contribution < 1.29 is 50.5 Å². The molecule has 2 aliphatic rings. The highest BCUT2D eigenvalue weighted by Gasteiger charge is 2.30. The number of aliphatic hydroxyl groups is 1. The molecule has 4 aromatic carbocycles. The zero-order valence-corrected chi connectivity index (χ0v) is 32.1. The number of aliphatic hydroxyl groups excluding tert-OH is 1. The number of esters is 1. The fourth-order valence-corrected chi connectivity index (χ4v) is 8.15. The van der Waals surface area contributed by atoms with Gasteiger partial charge in [0.2, 0.25) is 11.8 Å². The van der Waals surface area contributed by atoms with Crippen LogP contribution in [0.1, 0.15) is 54.4 Å². The Hall–Kier alpha value is -5.51. The van der Waals surface area contributed by atoms with Crippen LogP contribution in [-0.4, -0.2) is 70.9 Å². The molecule has 1 saturated carbocycles. The van der Waals surface area contributed by atoms with Crippen molar-refractivity contribution in [3.8, 4) is 45.5 Å². The molecule has 3 heterocycles. The Morgan fingerprint density at radius 1 is 0.810 bits per heavy atom. The van der Waals surface area contributed by atoms with Gasteiger partial charge in [-0.25, -0.2) is 9.97 Å². The van der Waals surface area contributed by atoms with E-state index in [2.05, 4.69) is 5.32 Å². The number of likely N-dealkylation sites (N-methyl/N-ethyl adjacent to an activating group) is 1. The van der Waals surface area contributed by atoms with E-state index in [1.54, 1.807) is 6.07 Å². The summed E-state index contributed by atoms with van der Waals surface area (Å²) in [5.74, 6) is -0.118. The van der Waals surface area contributed by atoms with Crippen molar-refractivity contribution in [2.75, 3.05) is 13.6 Å². The van der Waals surface area contributed by atoms with Crippen molar-refractivity contribution in [1.29, 1.82) is 0 Å². The number of alkyl halides is 4. The number of fused-ring (bicyclic) bond motifs is 2. The molecule has 304 valence electrons. The largest absolute Gasteiger partial charge is 0.460 e. The number of nitrogens with one attached hydrogen (secondary N) is 1. The smallest absolute Gasteiger partial charge is 0.387 e. The maximum atomic E-state index is 13.5. The molecule has 0 bridgehead atoms. The molecule has 11 nitrogen and oxygen atoms in total. The predicted octanol–water partition coefficient (Wildman–Crippen LogP) is 8.93. The third kappa shape index (κ3) is 7.98. The Kier molecular flexibility index (Phi) is 11.1. The van der Waals surface area contributed by atoms with Crippen LogP contribution in [0.5, 0.6) is 11.5 Å². The molecule has 3 atom stereocenters. The van der Waals surface area contributed by atoms with Gasteiger partial charge >= 0.3 is 19.2 Å². The van der Waals surface area contributed by atoms with E-state index >= 15 is 0 Å². The number of aromatic nitrogens is 2. The number of rotatable bonds is 13. The second kappa shape index (κ2) is 16.4. The number of halogens is 4. The molecule has 0 unspecified atom stereocenters. The Bertz CT molecular complexity index is 2460. The molecule has 8 rings (SSSR count). The summed E-state index contributed by atoms with van der Waals surface area (Å²) in [6.45, 7) is -1.61. The van der Waals surface area contributed by atoms with E-state index in [9.17, 15) is 27.5 Å². The molecule has 1 saturated heterocycles. The number of hydrogen-bond acceptors (Lipinski definition) is 11. The van der Waals surface area contributed by atoms with Crippen molar-refractivity contribution in [2.45, 2.75) is 90.5 Å². The van der Waals surface area contributed by atoms with E-state index in [4.69, 9.17) is 33.0 Å². The van der Waals surface area contributed by atoms with Gasteiger partial charge in [-0.05, 0) is 106 Å². The Morgan fingerprint density at radius 3 is 1.88 bits per heavy atom. The van der Waals surface area contributed by atoms with Gasteiger partial charge in [0, 0.05) is 47.0 Å². The van der Waals surface area contributed by atoms with E-state index in [0.717, 1.165) is 41.5 Å². The number of hydrogen-bond donors (Lipinski definition) is 2. The van der Waals surface area contributed by atoms with Crippen LogP contribution >= 0.6 is 0 Å². The molecule has 2 N–H and O–H groups in total. The number of nitrogens with zero attached hydrogens (tertiary/aromatic N) is 3. The molecule has 6 aromatic rings. The summed E-state index contributed by atoms with van der Waals surface area (Å²) in [4.78, 5) is 24.0. The zero-order chi connectivity index (χ0) is 40.7. The SMILES string of the molecule is Cc1c(-c2nc3cc(COC(=O)[C@@H]4CCCN4)c(OC(F)F)cc3o2)cccc1-c1cccc(-c2nc3cc(CN(C)[C@@H]4CCC[C@@H]4O)c(OC(F)F)cc3o2)c1C. The minimum Gasteiger partial charge on any atom is -0.460 e. The Balaban J connectivity index is 1.10. The lowest BCUT2D eigenvalue weighted by molar-refractivity contribution is -0.147. The molecule has 0 amide bonds. The van der Waals surface area contributed by atoms with Crippen LogP contribution in [0.2, 0.25) is 0 Å². The summed E-state index contributed by atoms with van der Waals surface area (Å²) < 4.78 is 81.4. The summed E-state index contributed by atoms with van der Waals surface area (Å²) in [7, 11) is 1.86. The standard InChI is InChI=1S/C43H42F4N4O7/c1-22-26(8-4-10-28(22)39-49-31-16-24(20-51(3)33-13-6-14-34(33)52)35(57-42(44)45)18-37(31)55-39)27-9-5-11-29(23(27)2)40-50-32-17-25(21-54-41(53)30-12-7-15-48-30)36(58-43(46)47)19-38(32)56-40/h4-5,8-11,16-19,30,33-34,42-43,48,52H,6-7,12-15,20-21H2,1-3H3/t30-,33+,34-/m0/s1. The second-order valence-corrected chi connectivity index (χ2v) is 14.8. The molecule has 0 radical (unpaired) electrons. The number of ether oxygens (including phenoxy) is 3. The van der Waals surface area contributed by atoms with Crippen LogP contribution in [0.4, 0.5) is 17.6 Å². The van der Waals surface area contributed by atoms with Crippen LogP contribution in [0.3, 0.4) is 0 Å². The molecule has 1 aliphatic carbocycles. The predicted molar refractivity (Wildman–Crippen MR) is 207 cm³/mol. The quantitative estimate of drug-likeness (QED) is 0.0857. The fourth-order valence-electron chi connectivity index (χ4n) is 8.15. The molecule has 2 fully saturated rings. The molecule has 0 spiro atoms. The normalized spacial score (nSPS) is 18.4. The maximum absolute atomic E-state index is 13.5. The molecular formula is C43H42F4N4O7. The molecule has 58 heavy (non-hydrogen) atoms. The van der Waals surface area contributed by atoms with Gasteiger partial charge in [-0.2, -0.15) is 17.6 Å².